The van der Waals surface area contributed by atoms with Crippen molar-refractivity contribution in [1.82, 2.24) is 10.3 Å². The fourth-order valence-electron chi connectivity index (χ4n) is 2.44. The maximum atomic E-state index is 12.1. The number of aliphatic hydroxyl groups is 1. The Morgan fingerprint density at radius 3 is 2.79 bits per heavy atom. The molecule has 0 saturated carbocycles. The predicted octanol–water partition coefficient (Wildman–Crippen LogP) is 0.882. The molecular formula is C17H17N3O4. The van der Waals surface area contributed by atoms with E-state index in [1.54, 1.807) is 42.6 Å². The lowest BCUT2D eigenvalue weighted by Crippen LogP contribution is -2.48. The standard InChI is InChI=1S/C17H17N3O4/c21-15-10-24-9-14(20-15)16(22)11-3-5-13(6-4-11)19-17(23)12-2-1-7-18-8-12/h1-8,14,16,22H,9-10H2,(H,19,23)(H,20,21)/t14-,16-/m1/s1. The maximum absolute atomic E-state index is 12.1. The van der Waals surface area contributed by atoms with Gasteiger partial charge in [-0.3, -0.25) is 14.6 Å². The number of amides is 2. The molecule has 0 radical (unpaired) electrons. The number of carbonyl (C=O) groups excluding carboxylic acids is 2. The largest absolute Gasteiger partial charge is 0.386 e. The maximum Gasteiger partial charge on any atom is 0.257 e. The van der Waals surface area contributed by atoms with Crippen molar-refractivity contribution in [3.8, 4) is 0 Å². The van der Waals surface area contributed by atoms with Crippen molar-refractivity contribution in [2.24, 2.45) is 0 Å². The molecule has 24 heavy (non-hydrogen) atoms. The molecule has 7 nitrogen and oxygen atoms in total. The van der Waals surface area contributed by atoms with E-state index in [1.165, 1.54) is 6.20 Å². The van der Waals surface area contributed by atoms with E-state index in [-0.39, 0.29) is 25.0 Å². The number of aliphatic hydroxyl groups excluding tert-OH is 1. The Labute approximate surface area is 138 Å². The monoisotopic (exact) mass is 327 g/mol. The summed E-state index contributed by atoms with van der Waals surface area (Å²) in [5, 5.41) is 15.8. The van der Waals surface area contributed by atoms with Crippen molar-refractivity contribution in [2.75, 3.05) is 18.5 Å². The van der Waals surface area contributed by atoms with E-state index in [9.17, 15) is 14.7 Å². The average molecular weight is 327 g/mol. The van der Waals surface area contributed by atoms with Crippen LogP contribution in [0.15, 0.2) is 48.8 Å². The Kier molecular flexibility index (Phi) is 4.83. The van der Waals surface area contributed by atoms with E-state index >= 15 is 0 Å². The van der Waals surface area contributed by atoms with E-state index < -0.39 is 12.1 Å². The zero-order valence-electron chi connectivity index (χ0n) is 12.8. The van der Waals surface area contributed by atoms with Gasteiger partial charge in [-0.05, 0) is 29.8 Å². The summed E-state index contributed by atoms with van der Waals surface area (Å²) >= 11 is 0. The second-order valence-electron chi connectivity index (χ2n) is 5.45. The number of anilines is 1. The molecule has 2 amide bonds. The topological polar surface area (TPSA) is 101 Å². The van der Waals surface area contributed by atoms with Crippen LogP contribution < -0.4 is 10.6 Å². The Hall–Kier alpha value is -2.77. The summed E-state index contributed by atoms with van der Waals surface area (Å²) in [6, 6.07) is 9.66. The number of hydrogen-bond acceptors (Lipinski definition) is 5. The molecule has 1 fully saturated rings. The van der Waals surface area contributed by atoms with Gasteiger partial charge in [-0.2, -0.15) is 0 Å². The van der Waals surface area contributed by atoms with Crippen LogP contribution in [0.3, 0.4) is 0 Å². The molecule has 1 aliphatic rings. The lowest BCUT2D eigenvalue weighted by Gasteiger charge is -2.28. The molecule has 1 saturated heterocycles. The summed E-state index contributed by atoms with van der Waals surface area (Å²) in [4.78, 5) is 27.3. The summed E-state index contributed by atoms with van der Waals surface area (Å²) in [5.41, 5.74) is 1.69. The number of carbonyl (C=O) groups is 2. The van der Waals surface area contributed by atoms with Crippen molar-refractivity contribution >= 4 is 17.5 Å². The molecule has 0 unspecified atom stereocenters. The van der Waals surface area contributed by atoms with Gasteiger partial charge in [0.1, 0.15) is 12.7 Å². The number of pyridine rings is 1. The number of ether oxygens (including phenoxy) is 1. The SMILES string of the molecule is O=C1COC[C@H]([C@H](O)c2ccc(NC(=O)c3cccnc3)cc2)N1. The fourth-order valence-corrected chi connectivity index (χ4v) is 2.44. The van der Waals surface area contributed by atoms with E-state index in [1.807, 2.05) is 0 Å². The average Bonchev–Trinajstić information content (AvgIpc) is 2.62. The van der Waals surface area contributed by atoms with Gasteiger partial charge in [0.2, 0.25) is 5.91 Å². The quantitative estimate of drug-likeness (QED) is 0.774. The third kappa shape index (κ3) is 3.76. The van der Waals surface area contributed by atoms with Crippen molar-refractivity contribution in [3.63, 3.8) is 0 Å². The van der Waals surface area contributed by atoms with Crippen LogP contribution in [0.4, 0.5) is 5.69 Å². The second kappa shape index (κ2) is 7.20. The molecular weight excluding hydrogens is 310 g/mol. The Bertz CT molecular complexity index is 718. The van der Waals surface area contributed by atoms with E-state index in [0.29, 0.717) is 16.8 Å². The first-order valence-electron chi connectivity index (χ1n) is 7.50. The van der Waals surface area contributed by atoms with Crippen molar-refractivity contribution in [3.05, 3.63) is 59.9 Å². The summed E-state index contributed by atoms with van der Waals surface area (Å²) in [7, 11) is 0. The first-order valence-corrected chi connectivity index (χ1v) is 7.50. The summed E-state index contributed by atoms with van der Waals surface area (Å²) < 4.78 is 5.13. The molecule has 124 valence electrons. The highest BCUT2D eigenvalue weighted by atomic mass is 16.5. The van der Waals surface area contributed by atoms with E-state index in [2.05, 4.69) is 15.6 Å². The summed E-state index contributed by atoms with van der Waals surface area (Å²) in [6.45, 7) is 0.273. The van der Waals surface area contributed by atoms with Gasteiger partial charge in [-0.25, -0.2) is 0 Å². The number of aromatic nitrogens is 1. The molecule has 0 aliphatic carbocycles. The molecule has 1 aromatic carbocycles. The fraction of sp³-hybridized carbons (Fsp3) is 0.235. The lowest BCUT2D eigenvalue weighted by atomic mass is 10.0. The first-order chi connectivity index (χ1) is 11.6. The molecule has 3 N–H and O–H groups in total. The molecule has 2 heterocycles. The number of hydrogen-bond donors (Lipinski definition) is 3. The second-order valence-corrected chi connectivity index (χ2v) is 5.45. The first kappa shape index (κ1) is 16.1. The Morgan fingerprint density at radius 2 is 2.12 bits per heavy atom. The van der Waals surface area contributed by atoms with Gasteiger partial charge >= 0.3 is 0 Å². The van der Waals surface area contributed by atoms with Gasteiger partial charge in [-0.1, -0.05) is 12.1 Å². The van der Waals surface area contributed by atoms with Crippen LogP contribution in [0.25, 0.3) is 0 Å². The molecule has 0 bridgehead atoms. The lowest BCUT2D eigenvalue weighted by molar-refractivity contribution is -0.133. The van der Waals surface area contributed by atoms with E-state index in [0.717, 1.165) is 0 Å². The van der Waals surface area contributed by atoms with Gasteiger partial charge in [0, 0.05) is 18.1 Å². The van der Waals surface area contributed by atoms with Crippen LogP contribution in [0.5, 0.6) is 0 Å². The van der Waals surface area contributed by atoms with Gasteiger partial charge in [-0.15, -0.1) is 0 Å². The van der Waals surface area contributed by atoms with Crippen LogP contribution in [0.1, 0.15) is 22.0 Å². The van der Waals surface area contributed by atoms with Crippen LogP contribution in [0, 0.1) is 0 Å². The zero-order chi connectivity index (χ0) is 16.9. The van der Waals surface area contributed by atoms with Gasteiger partial charge in [0.25, 0.3) is 5.91 Å². The van der Waals surface area contributed by atoms with Crippen molar-refractivity contribution in [1.29, 1.82) is 0 Å². The molecule has 2 atom stereocenters. The van der Waals surface area contributed by atoms with Crippen LogP contribution in [-0.4, -0.2) is 41.2 Å². The minimum absolute atomic E-state index is 0.0164. The normalized spacial score (nSPS) is 18.5. The van der Waals surface area contributed by atoms with Gasteiger partial charge in [0.05, 0.1) is 18.2 Å². The highest BCUT2D eigenvalue weighted by molar-refractivity contribution is 6.04. The molecule has 0 spiro atoms. The number of morpholine rings is 1. The Morgan fingerprint density at radius 1 is 1.33 bits per heavy atom. The number of benzene rings is 1. The van der Waals surface area contributed by atoms with Crippen molar-refractivity contribution < 1.29 is 19.4 Å². The minimum Gasteiger partial charge on any atom is -0.386 e. The van der Waals surface area contributed by atoms with Crippen LogP contribution in [0.2, 0.25) is 0 Å². The summed E-state index contributed by atoms with van der Waals surface area (Å²) in [6.07, 6.45) is 2.21. The van der Waals surface area contributed by atoms with Crippen molar-refractivity contribution in [2.45, 2.75) is 12.1 Å². The molecule has 1 aliphatic heterocycles. The molecule has 2 aromatic rings. The summed E-state index contributed by atoms with van der Waals surface area (Å²) in [5.74, 6) is -0.505. The Balaban J connectivity index is 1.64. The molecule has 3 rings (SSSR count). The third-order valence-corrected chi connectivity index (χ3v) is 3.69. The minimum atomic E-state index is -0.877. The highest BCUT2D eigenvalue weighted by Crippen LogP contribution is 2.21. The van der Waals surface area contributed by atoms with Crippen LogP contribution >= 0.6 is 0 Å². The molecule has 1 aromatic heterocycles. The number of nitrogens with one attached hydrogen (secondary N) is 2. The van der Waals surface area contributed by atoms with Gasteiger partial charge in [0.15, 0.2) is 0 Å². The highest BCUT2D eigenvalue weighted by Gasteiger charge is 2.26. The predicted molar refractivity (Wildman–Crippen MR) is 86.3 cm³/mol. The smallest absolute Gasteiger partial charge is 0.257 e. The zero-order valence-corrected chi connectivity index (χ0v) is 12.8. The number of rotatable bonds is 4. The van der Waals surface area contributed by atoms with Gasteiger partial charge < -0.3 is 20.5 Å². The van der Waals surface area contributed by atoms with E-state index in [4.69, 9.17) is 4.74 Å². The number of nitrogens with zero attached hydrogens (tertiary/aromatic N) is 1. The third-order valence-electron chi connectivity index (χ3n) is 3.69. The van der Waals surface area contributed by atoms with Crippen LogP contribution in [-0.2, 0) is 9.53 Å². The molecule has 7 heteroatoms.